The molecule has 0 bridgehead atoms. The number of hydrogen-bond acceptors (Lipinski definition) is 3. The lowest BCUT2D eigenvalue weighted by atomic mass is 9.89. The molecule has 2 rings (SSSR count). The van der Waals surface area contributed by atoms with Crippen molar-refractivity contribution in [2.75, 3.05) is 13.7 Å². The molecule has 0 spiro atoms. The average Bonchev–Trinajstić information content (AvgIpc) is 2.49. The van der Waals surface area contributed by atoms with Gasteiger partial charge in [0.05, 0.1) is 13.2 Å². The molecule has 112 valence electrons. The summed E-state index contributed by atoms with van der Waals surface area (Å²) in [7, 11) is 1.39. The molecule has 0 aliphatic rings. The third-order valence-corrected chi connectivity index (χ3v) is 3.80. The van der Waals surface area contributed by atoms with E-state index >= 15 is 0 Å². The van der Waals surface area contributed by atoms with Gasteiger partial charge < -0.3 is 15.6 Å². The summed E-state index contributed by atoms with van der Waals surface area (Å²) in [6, 6.07) is 11.5. The Bertz CT molecular complexity index is 621. The van der Waals surface area contributed by atoms with Crippen LogP contribution >= 0.6 is 11.6 Å². The van der Waals surface area contributed by atoms with Crippen molar-refractivity contribution in [3.8, 4) is 5.75 Å². The number of methoxy groups -OCH3 is 1. The molecule has 0 saturated carbocycles. The molecule has 21 heavy (non-hydrogen) atoms. The molecular formula is C16H17ClFNO2. The van der Waals surface area contributed by atoms with Gasteiger partial charge in [-0.1, -0.05) is 35.9 Å². The van der Waals surface area contributed by atoms with Crippen LogP contribution in [-0.2, 0) is 0 Å². The lowest BCUT2D eigenvalue weighted by Gasteiger charge is -2.23. The average molecular weight is 310 g/mol. The Morgan fingerprint density at radius 2 is 2.00 bits per heavy atom. The minimum absolute atomic E-state index is 0.132. The maximum atomic E-state index is 13.8. The topological polar surface area (TPSA) is 55.5 Å². The van der Waals surface area contributed by atoms with E-state index < -0.39 is 17.8 Å². The highest BCUT2D eigenvalue weighted by Crippen LogP contribution is 2.35. The number of nitrogens with two attached hydrogens (primary N) is 1. The third-order valence-electron chi connectivity index (χ3n) is 3.46. The fraction of sp³-hybridized carbons (Fsp3) is 0.250. The van der Waals surface area contributed by atoms with Gasteiger partial charge in [-0.05, 0) is 29.3 Å². The van der Waals surface area contributed by atoms with E-state index in [1.54, 1.807) is 18.2 Å². The summed E-state index contributed by atoms with van der Waals surface area (Å²) < 4.78 is 18.6. The van der Waals surface area contributed by atoms with E-state index in [1.165, 1.54) is 19.2 Å². The molecular weight excluding hydrogens is 293 g/mol. The molecule has 3 N–H and O–H groups in total. The Morgan fingerprint density at radius 3 is 2.57 bits per heavy atom. The second-order valence-electron chi connectivity index (χ2n) is 4.70. The van der Waals surface area contributed by atoms with E-state index in [-0.39, 0.29) is 12.3 Å². The van der Waals surface area contributed by atoms with Gasteiger partial charge in [-0.25, -0.2) is 4.39 Å². The quantitative estimate of drug-likeness (QED) is 0.891. The first kappa shape index (κ1) is 15.8. The van der Waals surface area contributed by atoms with Crippen LogP contribution in [0.4, 0.5) is 4.39 Å². The fourth-order valence-corrected chi connectivity index (χ4v) is 2.58. The van der Waals surface area contributed by atoms with Crippen LogP contribution in [0.15, 0.2) is 42.5 Å². The van der Waals surface area contributed by atoms with Gasteiger partial charge in [-0.2, -0.15) is 0 Å². The van der Waals surface area contributed by atoms with Crippen LogP contribution in [0.25, 0.3) is 0 Å². The number of rotatable bonds is 5. The van der Waals surface area contributed by atoms with Crippen LogP contribution < -0.4 is 10.5 Å². The molecule has 0 saturated heterocycles. The lowest BCUT2D eigenvalue weighted by molar-refractivity contribution is 0.147. The molecule has 0 heterocycles. The van der Waals surface area contributed by atoms with Crippen molar-refractivity contribution in [1.82, 2.24) is 0 Å². The number of hydrogen-bond donors (Lipinski definition) is 2. The summed E-state index contributed by atoms with van der Waals surface area (Å²) in [4.78, 5) is 0. The van der Waals surface area contributed by atoms with Crippen molar-refractivity contribution in [1.29, 1.82) is 0 Å². The number of ether oxygens (including phenoxy) is 1. The van der Waals surface area contributed by atoms with E-state index in [2.05, 4.69) is 0 Å². The van der Waals surface area contributed by atoms with Crippen molar-refractivity contribution in [2.45, 2.75) is 12.0 Å². The Hall–Kier alpha value is -1.62. The molecule has 0 aliphatic carbocycles. The summed E-state index contributed by atoms with van der Waals surface area (Å²) >= 11 is 6.15. The van der Waals surface area contributed by atoms with Crippen LogP contribution in [0.5, 0.6) is 5.75 Å². The van der Waals surface area contributed by atoms with Crippen molar-refractivity contribution < 1.29 is 14.2 Å². The fourth-order valence-electron chi connectivity index (χ4n) is 2.30. The third kappa shape index (κ3) is 3.35. The first-order chi connectivity index (χ1) is 10.1. The minimum atomic E-state index is -0.949. The van der Waals surface area contributed by atoms with Crippen LogP contribution in [0.3, 0.4) is 0 Å². The maximum Gasteiger partial charge on any atom is 0.165 e. The monoisotopic (exact) mass is 309 g/mol. The summed E-state index contributed by atoms with van der Waals surface area (Å²) in [5.74, 6) is -0.802. The van der Waals surface area contributed by atoms with Gasteiger partial charge in [0.1, 0.15) is 0 Å². The van der Waals surface area contributed by atoms with Crippen molar-refractivity contribution in [2.24, 2.45) is 5.73 Å². The zero-order valence-electron chi connectivity index (χ0n) is 11.6. The van der Waals surface area contributed by atoms with E-state index in [9.17, 15) is 9.50 Å². The number of halogens is 2. The van der Waals surface area contributed by atoms with Gasteiger partial charge in [0.2, 0.25) is 0 Å². The Labute approximate surface area is 128 Å². The van der Waals surface area contributed by atoms with Crippen LogP contribution in [0.2, 0.25) is 5.02 Å². The minimum Gasteiger partial charge on any atom is -0.494 e. The predicted molar refractivity (Wildman–Crippen MR) is 81.2 cm³/mol. The van der Waals surface area contributed by atoms with Gasteiger partial charge in [0.25, 0.3) is 0 Å². The van der Waals surface area contributed by atoms with Crippen LogP contribution in [0.1, 0.15) is 23.1 Å². The van der Waals surface area contributed by atoms with E-state index in [0.29, 0.717) is 10.6 Å². The van der Waals surface area contributed by atoms with Crippen molar-refractivity contribution in [3.05, 3.63) is 64.4 Å². The molecule has 3 nitrogen and oxygen atoms in total. The number of aliphatic hydroxyl groups excluding tert-OH is 1. The van der Waals surface area contributed by atoms with Gasteiger partial charge in [0, 0.05) is 17.5 Å². The van der Waals surface area contributed by atoms with Gasteiger partial charge >= 0.3 is 0 Å². The summed E-state index contributed by atoms with van der Waals surface area (Å²) in [5, 5.41) is 11.0. The number of benzene rings is 2. The standard InChI is InChI=1S/C16H17ClFNO2/c1-21-15-7-6-10(8-14(15)18)16(20)12(9-19)11-4-2-3-5-13(11)17/h2-8,12,16,20H,9,19H2,1H3. The molecule has 0 aromatic heterocycles. The predicted octanol–water partition coefficient (Wildman–Crippen LogP) is 3.26. The molecule has 2 unspecified atom stereocenters. The van der Waals surface area contributed by atoms with E-state index in [1.807, 2.05) is 12.1 Å². The second kappa shape index (κ2) is 6.89. The van der Waals surface area contributed by atoms with E-state index in [4.69, 9.17) is 22.1 Å². The molecule has 0 fully saturated rings. The summed E-state index contributed by atoms with van der Waals surface area (Å²) in [5.41, 5.74) is 6.94. The summed E-state index contributed by atoms with van der Waals surface area (Å²) in [6.07, 6.45) is -0.949. The molecule has 0 amide bonds. The molecule has 2 atom stereocenters. The highest BCUT2D eigenvalue weighted by Gasteiger charge is 2.24. The van der Waals surface area contributed by atoms with Crippen LogP contribution in [0, 0.1) is 5.82 Å². The highest BCUT2D eigenvalue weighted by atomic mass is 35.5. The van der Waals surface area contributed by atoms with Gasteiger partial charge in [-0.15, -0.1) is 0 Å². The zero-order chi connectivity index (χ0) is 15.4. The normalized spacial score (nSPS) is 13.8. The van der Waals surface area contributed by atoms with Crippen molar-refractivity contribution >= 4 is 11.6 Å². The largest absolute Gasteiger partial charge is 0.494 e. The SMILES string of the molecule is COc1ccc(C(O)C(CN)c2ccccc2Cl)cc1F. The lowest BCUT2D eigenvalue weighted by Crippen LogP contribution is -2.20. The number of aliphatic hydroxyl groups is 1. The zero-order valence-corrected chi connectivity index (χ0v) is 12.3. The molecule has 2 aromatic rings. The molecule has 0 aliphatic heterocycles. The Kier molecular flexibility index (Phi) is 5.17. The summed E-state index contributed by atoms with van der Waals surface area (Å²) in [6.45, 7) is 0.193. The first-order valence-electron chi connectivity index (χ1n) is 6.54. The smallest absolute Gasteiger partial charge is 0.165 e. The first-order valence-corrected chi connectivity index (χ1v) is 6.92. The van der Waals surface area contributed by atoms with Crippen molar-refractivity contribution in [3.63, 3.8) is 0 Å². The maximum absolute atomic E-state index is 13.8. The van der Waals surface area contributed by atoms with E-state index in [0.717, 1.165) is 5.56 Å². The molecule has 5 heteroatoms. The highest BCUT2D eigenvalue weighted by molar-refractivity contribution is 6.31. The Balaban J connectivity index is 2.34. The Morgan fingerprint density at radius 1 is 1.29 bits per heavy atom. The second-order valence-corrected chi connectivity index (χ2v) is 5.11. The molecule has 0 radical (unpaired) electrons. The van der Waals surface area contributed by atoms with Crippen LogP contribution in [-0.4, -0.2) is 18.8 Å². The van der Waals surface area contributed by atoms with Gasteiger partial charge in [0.15, 0.2) is 11.6 Å². The molecule has 2 aromatic carbocycles. The van der Waals surface area contributed by atoms with Gasteiger partial charge in [-0.3, -0.25) is 0 Å².